The van der Waals surface area contributed by atoms with E-state index in [1.54, 1.807) is 11.5 Å². The topological polar surface area (TPSA) is 24.9 Å². The molecule has 5 heteroatoms. The first-order chi connectivity index (χ1) is 8.43. The average Bonchev–Trinajstić information content (AvgIpc) is 2.81. The van der Waals surface area contributed by atoms with Gasteiger partial charge >= 0.3 is 0 Å². The van der Waals surface area contributed by atoms with Crippen molar-refractivity contribution in [1.82, 2.24) is 4.37 Å². The van der Waals surface area contributed by atoms with E-state index in [2.05, 4.69) is 51.4 Å². The fourth-order valence-corrected chi connectivity index (χ4v) is 5.26. The van der Waals surface area contributed by atoms with E-state index in [-0.39, 0.29) is 0 Å². The van der Waals surface area contributed by atoms with Crippen molar-refractivity contribution < 1.29 is 0 Å². The van der Waals surface area contributed by atoms with Crippen molar-refractivity contribution in [3.8, 4) is 0 Å². The van der Waals surface area contributed by atoms with Gasteiger partial charge in [-0.1, -0.05) is 12.1 Å². The van der Waals surface area contributed by atoms with Gasteiger partial charge in [-0.2, -0.15) is 27.9 Å². The maximum absolute atomic E-state index is 4.45. The number of aromatic nitrogens is 1. The molecule has 0 amide bonds. The highest BCUT2D eigenvalue weighted by molar-refractivity contribution is 8.06. The second kappa shape index (κ2) is 5.50. The summed E-state index contributed by atoms with van der Waals surface area (Å²) in [4.78, 5) is 0. The van der Waals surface area contributed by atoms with Gasteiger partial charge in [0.05, 0.1) is 5.52 Å². The Balaban J connectivity index is 1.68. The number of nitrogens with zero attached hydrogens (tertiary/aromatic N) is 1. The largest absolute Gasteiger partial charge is 0.374 e. The number of hydrogen-bond acceptors (Lipinski definition) is 5. The highest BCUT2D eigenvalue weighted by Gasteiger charge is 2.14. The van der Waals surface area contributed by atoms with Crippen molar-refractivity contribution in [1.29, 1.82) is 0 Å². The molecule has 1 N–H and O–H groups in total. The molecular weight excluding hydrogens is 268 g/mol. The van der Waals surface area contributed by atoms with Gasteiger partial charge in [-0.05, 0) is 23.7 Å². The van der Waals surface area contributed by atoms with E-state index in [0.29, 0.717) is 0 Å². The van der Waals surface area contributed by atoms with Crippen molar-refractivity contribution in [2.45, 2.75) is 5.25 Å². The smallest absolute Gasteiger partial charge is 0.117 e. The van der Waals surface area contributed by atoms with Crippen LogP contribution >= 0.6 is 35.1 Å². The number of anilines is 1. The molecule has 17 heavy (non-hydrogen) atoms. The van der Waals surface area contributed by atoms with Crippen LogP contribution in [-0.4, -0.2) is 33.4 Å². The van der Waals surface area contributed by atoms with Crippen LogP contribution in [0.4, 0.5) is 5.00 Å². The molecule has 90 valence electrons. The molecule has 1 fully saturated rings. The lowest BCUT2D eigenvalue weighted by Gasteiger charge is -2.21. The molecule has 0 radical (unpaired) electrons. The third-order valence-corrected chi connectivity index (χ3v) is 6.44. The lowest BCUT2D eigenvalue weighted by Crippen LogP contribution is -2.22. The van der Waals surface area contributed by atoms with Gasteiger partial charge in [0.15, 0.2) is 0 Å². The van der Waals surface area contributed by atoms with Gasteiger partial charge in [-0.15, -0.1) is 0 Å². The maximum Gasteiger partial charge on any atom is 0.117 e. The van der Waals surface area contributed by atoms with Gasteiger partial charge in [-0.3, -0.25) is 0 Å². The van der Waals surface area contributed by atoms with Gasteiger partial charge in [-0.25, -0.2) is 0 Å². The van der Waals surface area contributed by atoms with Crippen LogP contribution in [-0.2, 0) is 0 Å². The monoisotopic (exact) mass is 282 g/mol. The van der Waals surface area contributed by atoms with E-state index >= 15 is 0 Å². The lowest BCUT2D eigenvalue weighted by atomic mass is 10.2. The maximum atomic E-state index is 4.45. The Bertz CT molecular complexity index is 491. The molecule has 0 aliphatic carbocycles. The minimum absolute atomic E-state index is 0.745. The number of hydrogen-bond donors (Lipinski definition) is 1. The summed E-state index contributed by atoms with van der Waals surface area (Å²) < 4.78 is 4.45. The molecule has 1 aromatic heterocycles. The van der Waals surface area contributed by atoms with Crippen LogP contribution in [0.25, 0.3) is 10.9 Å². The van der Waals surface area contributed by atoms with Gasteiger partial charge in [0.2, 0.25) is 0 Å². The summed E-state index contributed by atoms with van der Waals surface area (Å²) >= 11 is 5.74. The summed E-state index contributed by atoms with van der Waals surface area (Å²) in [5.41, 5.74) is 1.10. The third kappa shape index (κ3) is 2.72. The second-order valence-electron chi connectivity index (χ2n) is 3.98. The van der Waals surface area contributed by atoms with Crippen molar-refractivity contribution in [2.75, 3.05) is 29.1 Å². The van der Waals surface area contributed by atoms with Crippen LogP contribution in [0.1, 0.15) is 0 Å². The van der Waals surface area contributed by atoms with E-state index in [1.165, 1.54) is 27.6 Å². The van der Waals surface area contributed by atoms with Crippen LogP contribution in [0.2, 0.25) is 0 Å². The summed E-state index contributed by atoms with van der Waals surface area (Å²) in [7, 11) is 0. The van der Waals surface area contributed by atoms with Gasteiger partial charge in [0.1, 0.15) is 5.00 Å². The van der Waals surface area contributed by atoms with Crippen LogP contribution in [0.15, 0.2) is 24.3 Å². The summed E-state index contributed by atoms with van der Waals surface area (Å²) in [6.07, 6.45) is 0. The van der Waals surface area contributed by atoms with Crippen LogP contribution in [0, 0.1) is 0 Å². The number of fused-ring (bicyclic) bond motifs is 1. The fraction of sp³-hybridized carbons (Fsp3) is 0.417. The van der Waals surface area contributed by atoms with Crippen LogP contribution < -0.4 is 5.32 Å². The number of thioether (sulfide) groups is 2. The zero-order chi connectivity index (χ0) is 11.5. The second-order valence-corrected chi connectivity index (χ2v) is 7.31. The first kappa shape index (κ1) is 11.7. The molecule has 1 saturated heterocycles. The highest BCUT2D eigenvalue weighted by Crippen LogP contribution is 2.29. The Hall–Kier alpha value is -0.390. The first-order valence-corrected chi connectivity index (χ1v) is 8.69. The molecule has 1 aliphatic heterocycles. The predicted octanol–water partition coefficient (Wildman–Crippen LogP) is 3.56. The lowest BCUT2D eigenvalue weighted by molar-refractivity contribution is 1.01. The summed E-state index contributed by atoms with van der Waals surface area (Å²) in [5, 5.41) is 6.78. The van der Waals surface area contributed by atoms with Crippen molar-refractivity contribution in [3.05, 3.63) is 24.3 Å². The third-order valence-electron chi connectivity index (χ3n) is 2.76. The van der Waals surface area contributed by atoms with Gasteiger partial charge < -0.3 is 5.32 Å². The standard InChI is InChI=1S/C12H14N2S3/c1-2-4-11-10(3-1)12(17-14-11)13-7-9-8-15-5-6-16-9/h1-4,9,13H,5-8H2. The van der Waals surface area contributed by atoms with E-state index < -0.39 is 0 Å². The molecule has 3 rings (SSSR count). The highest BCUT2D eigenvalue weighted by atomic mass is 32.2. The Labute approximate surface area is 114 Å². The van der Waals surface area contributed by atoms with Crippen molar-refractivity contribution in [2.24, 2.45) is 0 Å². The minimum Gasteiger partial charge on any atom is -0.374 e. The van der Waals surface area contributed by atoms with Gasteiger partial charge in [0.25, 0.3) is 0 Å². The summed E-state index contributed by atoms with van der Waals surface area (Å²) in [6.45, 7) is 1.06. The minimum atomic E-state index is 0.745. The van der Waals surface area contributed by atoms with Crippen LogP contribution in [0.3, 0.4) is 0 Å². The quantitative estimate of drug-likeness (QED) is 0.930. The zero-order valence-corrected chi connectivity index (χ0v) is 11.8. The SMILES string of the molecule is c1ccc2c(NCC3CSCCS3)snc2c1. The number of nitrogens with one attached hydrogen (secondary N) is 1. The molecule has 1 unspecified atom stereocenters. The van der Waals surface area contributed by atoms with Crippen molar-refractivity contribution >= 4 is 51.0 Å². The molecule has 0 spiro atoms. The normalized spacial score (nSPS) is 20.6. The number of benzene rings is 1. The van der Waals surface area contributed by atoms with Gasteiger partial charge in [0, 0.05) is 34.4 Å². The van der Waals surface area contributed by atoms with Crippen LogP contribution in [0.5, 0.6) is 0 Å². The Morgan fingerprint density at radius 1 is 1.29 bits per heavy atom. The molecule has 1 aromatic carbocycles. The molecule has 2 nitrogen and oxygen atoms in total. The number of rotatable bonds is 3. The average molecular weight is 282 g/mol. The molecular formula is C12H14N2S3. The van der Waals surface area contributed by atoms with Crippen molar-refractivity contribution in [3.63, 3.8) is 0 Å². The molecule has 2 aromatic rings. The Morgan fingerprint density at radius 2 is 2.24 bits per heavy atom. The molecule has 0 saturated carbocycles. The van der Waals surface area contributed by atoms with E-state index in [4.69, 9.17) is 0 Å². The summed E-state index contributed by atoms with van der Waals surface area (Å²) in [5.74, 6) is 3.87. The molecule has 2 heterocycles. The molecule has 0 bridgehead atoms. The first-order valence-electron chi connectivity index (χ1n) is 5.71. The Morgan fingerprint density at radius 3 is 3.12 bits per heavy atom. The van der Waals surface area contributed by atoms with E-state index in [0.717, 1.165) is 17.3 Å². The van der Waals surface area contributed by atoms with E-state index in [1.807, 2.05) is 6.07 Å². The Kier molecular flexibility index (Phi) is 3.78. The molecule has 1 aliphatic rings. The van der Waals surface area contributed by atoms with E-state index in [9.17, 15) is 0 Å². The predicted molar refractivity (Wildman–Crippen MR) is 81.7 cm³/mol. The fourth-order valence-electron chi connectivity index (χ4n) is 1.88. The summed E-state index contributed by atoms with van der Waals surface area (Å²) in [6, 6.07) is 8.33. The zero-order valence-electron chi connectivity index (χ0n) is 9.39. The molecule has 1 atom stereocenters.